The molecular weight excluding hydrogens is 253 g/mol. The second-order valence-corrected chi connectivity index (χ2v) is 2.17. The second-order valence-electron chi connectivity index (χ2n) is 2.17. The van der Waals surface area contributed by atoms with Crippen molar-refractivity contribution in [3.8, 4) is 0 Å². The molecule has 39 valence electrons. The first kappa shape index (κ1) is 16.0. The first-order valence-electron chi connectivity index (χ1n) is 1.72. The van der Waals surface area contributed by atoms with Crippen molar-refractivity contribution in [2.45, 2.75) is 26.4 Å². The van der Waals surface area contributed by atoms with Gasteiger partial charge in [0, 0.05) is 63.0 Å². The molecule has 0 heterocycles. The summed E-state index contributed by atoms with van der Waals surface area (Å²) in [6.07, 6.45) is 0. The van der Waals surface area contributed by atoms with Crippen molar-refractivity contribution in [3.63, 3.8) is 0 Å². The third kappa shape index (κ3) is 70.6. The Balaban J connectivity index is -0.0000000800. The maximum absolute atomic E-state index is 8.52. The van der Waals surface area contributed by atoms with Gasteiger partial charge in [-0.15, -0.1) is 0 Å². The van der Waals surface area contributed by atoms with E-state index in [9.17, 15) is 0 Å². The van der Waals surface area contributed by atoms with Gasteiger partial charge in [-0.3, -0.25) is 0 Å². The van der Waals surface area contributed by atoms with Gasteiger partial charge >= 0.3 is 0 Å². The number of rotatable bonds is 0. The zero-order chi connectivity index (χ0) is 4.50. The fourth-order valence-corrected chi connectivity index (χ4v) is 0. The second kappa shape index (κ2) is 6.16. The average Bonchev–Trinajstić information content (AvgIpc) is 0.722. The minimum atomic E-state index is -0.500. The van der Waals surface area contributed by atoms with Gasteiger partial charge in [0.15, 0.2) is 0 Å². The van der Waals surface area contributed by atoms with Crippen LogP contribution in [0, 0.1) is 41.3 Å². The molecule has 0 amide bonds. The fourth-order valence-electron chi connectivity index (χ4n) is 0. The van der Waals surface area contributed by atoms with Crippen LogP contribution in [0.5, 0.6) is 0 Å². The van der Waals surface area contributed by atoms with Crippen LogP contribution in [0.2, 0.25) is 0 Å². The Kier molecular flexibility index (Phi) is 14.1. The minimum absolute atomic E-state index is 0. The normalized spacial score (nSPS) is 8.57. The summed E-state index contributed by atoms with van der Waals surface area (Å²) in [5.41, 5.74) is -0.500. The molecule has 0 bridgehead atoms. The average molecular weight is 263 g/mol. The van der Waals surface area contributed by atoms with Crippen LogP contribution in [0.3, 0.4) is 0 Å². The summed E-state index contributed by atoms with van der Waals surface area (Å²) >= 11 is 0. The maximum Gasteiger partial charge on any atom is 0.0563 e. The van der Waals surface area contributed by atoms with Crippen molar-refractivity contribution in [2.75, 3.05) is 0 Å². The number of hydrogen-bond acceptors (Lipinski definition) is 1. The molecule has 0 spiro atoms. The molecule has 0 saturated carbocycles. The van der Waals surface area contributed by atoms with E-state index in [4.69, 9.17) is 5.11 Å². The SMILES string of the molecule is CC(C)(C)O.[Pr].[Ti]. The standard InChI is InChI=1S/C4H10O.Pr.Ti/c1-4(2,3)5;;/h5H,1-3H3;;. The Bertz CT molecular complexity index is 27.2. The van der Waals surface area contributed by atoms with E-state index in [0.29, 0.717) is 0 Å². The van der Waals surface area contributed by atoms with Crippen LogP contribution in [0.15, 0.2) is 0 Å². The van der Waals surface area contributed by atoms with Crippen molar-refractivity contribution in [1.82, 2.24) is 0 Å². The molecule has 3 heteroatoms. The van der Waals surface area contributed by atoms with Gasteiger partial charge < -0.3 is 5.11 Å². The Labute approximate surface area is 93.1 Å². The summed E-state index contributed by atoms with van der Waals surface area (Å²) in [6.45, 7) is 5.23. The molecule has 7 heavy (non-hydrogen) atoms. The zero-order valence-corrected chi connectivity index (χ0v) is 10.3. The van der Waals surface area contributed by atoms with E-state index in [1.165, 1.54) is 0 Å². The molecule has 0 aliphatic rings. The molecule has 0 aromatic rings. The van der Waals surface area contributed by atoms with E-state index in [1.807, 2.05) is 0 Å². The first-order valence-corrected chi connectivity index (χ1v) is 1.72. The molecule has 0 atom stereocenters. The van der Waals surface area contributed by atoms with Crippen molar-refractivity contribution in [3.05, 3.63) is 0 Å². The molecule has 1 N–H and O–H groups in total. The van der Waals surface area contributed by atoms with E-state index in [-0.39, 0.29) is 63.0 Å². The van der Waals surface area contributed by atoms with Gasteiger partial charge in [0.2, 0.25) is 0 Å². The Hall–Kier alpha value is 2.04. The predicted octanol–water partition coefficient (Wildman–Crippen LogP) is 0.775. The molecule has 0 aliphatic carbocycles. The molecule has 0 unspecified atom stereocenters. The molecule has 0 aliphatic heterocycles. The summed E-state index contributed by atoms with van der Waals surface area (Å²) in [5.74, 6) is 0. The molecule has 1 nitrogen and oxygen atoms in total. The first-order chi connectivity index (χ1) is 2.00. The van der Waals surface area contributed by atoms with E-state index in [2.05, 4.69) is 0 Å². The summed E-state index contributed by atoms with van der Waals surface area (Å²) < 4.78 is 0. The Morgan fingerprint density at radius 3 is 1.14 bits per heavy atom. The van der Waals surface area contributed by atoms with Crippen LogP contribution >= 0.6 is 0 Å². The van der Waals surface area contributed by atoms with Gasteiger partial charge in [-0.1, -0.05) is 0 Å². The summed E-state index contributed by atoms with van der Waals surface area (Å²) in [5, 5.41) is 8.52. The van der Waals surface area contributed by atoms with E-state index >= 15 is 0 Å². The quantitative estimate of drug-likeness (QED) is 0.640. The zero-order valence-electron chi connectivity index (χ0n) is 5.02. The molecule has 0 aromatic heterocycles. The van der Waals surface area contributed by atoms with Crippen LogP contribution in [0.1, 0.15) is 20.8 Å². The Morgan fingerprint density at radius 2 is 1.14 bits per heavy atom. The number of hydrogen-bond donors (Lipinski definition) is 1. The molecule has 0 aromatic carbocycles. The third-order valence-electron chi connectivity index (χ3n) is 0. The fraction of sp³-hybridized carbons (Fsp3) is 1.00. The largest absolute Gasteiger partial charge is 0.391 e. The van der Waals surface area contributed by atoms with E-state index in [1.54, 1.807) is 20.8 Å². The van der Waals surface area contributed by atoms with Crippen molar-refractivity contribution < 1.29 is 68.1 Å². The maximum atomic E-state index is 8.52. The van der Waals surface area contributed by atoms with Crippen molar-refractivity contribution >= 4 is 0 Å². The topological polar surface area (TPSA) is 20.2 Å². The summed E-state index contributed by atoms with van der Waals surface area (Å²) in [6, 6.07) is 0. The van der Waals surface area contributed by atoms with Crippen molar-refractivity contribution in [2.24, 2.45) is 0 Å². The van der Waals surface area contributed by atoms with Gasteiger partial charge in [-0.25, -0.2) is 0 Å². The summed E-state index contributed by atoms with van der Waals surface area (Å²) in [7, 11) is 0. The van der Waals surface area contributed by atoms with E-state index in [0.717, 1.165) is 0 Å². The van der Waals surface area contributed by atoms with Crippen LogP contribution < -0.4 is 0 Å². The summed E-state index contributed by atoms with van der Waals surface area (Å²) in [4.78, 5) is 0. The smallest absolute Gasteiger partial charge is 0.0563 e. The van der Waals surface area contributed by atoms with Crippen LogP contribution in [0.4, 0.5) is 0 Å². The van der Waals surface area contributed by atoms with Crippen LogP contribution in [0.25, 0.3) is 0 Å². The number of aliphatic hydroxyl groups is 1. The molecule has 0 saturated heterocycles. The van der Waals surface area contributed by atoms with Gasteiger partial charge in [0.1, 0.15) is 0 Å². The van der Waals surface area contributed by atoms with Crippen LogP contribution in [-0.4, -0.2) is 10.7 Å². The monoisotopic (exact) mass is 263 g/mol. The van der Waals surface area contributed by atoms with Crippen LogP contribution in [-0.2, 0) is 21.7 Å². The minimum Gasteiger partial charge on any atom is -0.391 e. The van der Waals surface area contributed by atoms with E-state index < -0.39 is 5.60 Å². The Morgan fingerprint density at radius 1 is 1.14 bits per heavy atom. The van der Waals surface area contributed by atoms with Gasteiger partial charge in [0.25, 0.3) is 0 Å². The van der Waals surface area contributed by atoms with Crippen molar-refractivity contribution in [1.29, 1.82) is 0 Å². The molecular formula is C4H10OPrTi. The predicted molar refractivity (Wildman–Crippen MR) is 22.0 cm³/mol. The van der Waals surface area contributed by atoms with Gasteiger partial charge in [-0.05, 0) is 20.8 Å². The van der Waals surface area contributed by atoms with Gasteiger partial charge in [-0.2, -0.15) is 0 Å². The molecule has 0 fully saturated rings. The third-order valence-corrected chi connectivity index (χ3v) is 0. The molecule has 0 rings (SSSR count). The molecule has 1 radical (unpaired) electrons. The van der Waals surface area contributed by atoms with Gasteiger partial charge in [0.05, 0.1) is 5.60 Å².